The van der Waals surface area contributed by atoms with Crippen LogP contribution in [0.2, 0.25) is 0 Å². The molecule has 0 aliphatic heterocycles. The van der Waals surface area contributed by atoms with E-state index in [4.69, 9.17) is 0 Å². The average molecular weight is 603 g/mol. The van der Waals surface area contributed by atoms with Crippen LogP contribution < -0.4 is 16.0 Å². The second-order valence-corrected chi connectivity index (χ2v) is 10.7. The monoisotopic (exact) mass is 602 g/mol. The fourth-order valence-corrected chi connectivity index (χ4v) is 5.28. The van der Waals surface area contributed by atoms with Gasteiger partial charge >= 0.3 is 0 Å². The zero-order valence-electron chi connectivity index (χ0n) is 23.3. The first-order chi connectivity index (χ1) is 21.4. The van der Waals surface area contributed by atoms with Crippen LogP contribution in [0.3, 0.4) is 0 Å². The quantitative estimate of drug-likeness (QED) is 0.117. The number of pyridine rings is 1. The van der Waals surface area contributed by atoms with Crippen molar-refractivity contribution in [2.24, 2.45) is 0 Å². The van der Waals surface area contributed by atoms with E-state index < -0.39 is 22.9 Å². The Morgan fingerprint density at radius 1 is 0.727 bits per heavy atom. The van der Waals surface area contributed by atoms with Crippen molar-refractivity contribution >= 4 is 46.9 Å². The smallest absolute Gasteiger partial charge is 0.272 e. The van der Waals surface area contributed by atoms with Gasteiger partial charge in [0.15, 0.2) is 0 Å². The number of nitrogens with zero attached hydrogens (tertiary/aromatic N) is 1. The fraction of sp³-hybridized carbons (Fsp3) is 0.0286. The number of amides is 3. The summed E-state index contributed by atoms with van der Waals surface area (Å²) in [5.41, 5.74) is 2.78. The molecule has 44 heavy (non-hydrogen) atoms. The highest BCUT2D eigenvalue weighted by Crippen LogP contribution is 2.37. The van der Waals surface area contributed by atoms with E-state index in [1.54, 1.807) is 73.1 Å². The SMILES string of the molecule is O=C(Nc1cccc(SC(C(=O)Nc2ccncc2)c2ccccc2)c1)/C(=C/c1ccc(F)cc1)NC(=O)c1ccccc1. The maximum Gasteiger partial charge on any atom is 0.272 e. The zero-order chi connectivity index (χ0) is 30.7. The summed E-state index contributed by atoms with van der Waals surface area (Å²) in [6, 6.07) is 34.0. The Bertz CT molecular complexity index is 1770. The molecule has 1 unspecified atom stereocenters. The van der Waals surface area contributed by atoms with Gasteiger partial charge in [0.1, 0.15) is 16.8 Å². The lowest BCUT2D eigenvalue weighted by atomic mass is 10.1. The largest absolute Gasteiger partial charge is 0.325 e. The van der Waals surface area contributed by atoms with Gasteiger partial charge in [-0.1, -0.05) is 66.7 Å². The van der Waals surface area contributed by atoms with Crippen molar-refractivity contribution in [1.82, 2.24) is 10.3 Å². The zero-order valence-corrected chi connectivity index (χ0v) is 24.1. The fourth-order valence-electron chi connectivity index (χ4n) is 4.19. The summed E-state index contributed by atoms with van der Waals surface area (Å²) in [7, 11) is 0. The minimum absolute atomic E-state index is 0.0255. The van der Waals surface area contributed by atoms with Gasteiger partial charge in [-0.15, -0.1) is 11.8 Å². The Labute approximate surface area is 258 Å². The number of carbonyl (C=O) groups excluding carboxylic acids is 3. The summed E-state index contributed by atoms with van der Waals surface area (Å²) in [6.45, 7) is 0. The van der Waals surface area contributed by atoms with Gasteiger partial charge in [0, 0.05) is 34.2 Å². The maximum atomic E-state index is 13.5. The summed E-state index contributed by atoms with van der Waals surface area (Å²) in [4.78, 5) is 44.5. The van der Waals surface area contributed by atoms with Gasteiger partial charge in [0.05, 0.1) is 0 Å². The van der Waals surface area contributed by atoms with E-state index >= 15 is 0 Å². The van der Waals surface area contributed by atoms with Crippen LogP contribution in [0.1, 0.15) is 26.7 Å². The van der Waals surface area contributed by atoms with Crippen LogP contribution in [0, 0.1) is 5.82 Å². The lowest BCUT2D eigenvalue weighted by Gasteiger charge is -2.18. The molecule has 0 radical (unpaired) electrons. The number of aromatic nitrogens is 1. The number of benzene rings is 4. The van der Waals surface area contributed by atoms with Gasteiger partial charge in [-0.25, -0.2) is 4.39 Å². The molecule has 0 fully saturated rings. The van der Waals surface area contributed by atoms with Crippen LogP contribution in [-0.2, 0) is 9.59 Å². The molecule has 9 heteroatoms. The van der Waals surface area contributed by atoms with E-state index in [2.05, 4.69) is 20.9 Å². The molecule has 218 valence electrons. The molecule has 1 heterocycles. The van der Waals surface area contributed by atoms with Crippen LogP contribution in [0.4, 0.5) is 15.8 Å². The molecular weight excluding hydrogens is 575 g/mol. The minimum Gasteiger partial charge on any atom is -0.325 e. The van der Waals surface area contributed by atoms with Crippen molar-refractivity contribution in [1.29, 1.82) is 0 Å². The molecule has 0 saturated heterocycles. The topological polar surface area (TPSA) is 100 Å². The van der Waals surface area contributed by atoms with E-state index in [0.29, 0.717) is 22.5 Å². The van der Waals surface area contributed by atoms with Crippen LogP contribution in [0.15, 0.2) is 144 Å². The molecule has 0 spiro atoms. The van der Waals surface area contributed by atoms with E-state index in [0.717, 1.165) is 10.5 Å². The van der Waals surface area contributed by atoms with Crippen LogP contribution in [0.25, 0.3) is 6.08 Å². The summed E-state index contributed by atoms with van der Waals surface area (Å²) in [6.07, 6.45) is 4.68. The molecule has 7 nitrogen and oxygen atoms in total. The highest BCUT2D eigenvalue weighted by atomic mass is 32.2. The van der Waals surface area contributed by atoms with Gasteiger partial charge in [-0.3, -0.25) is 19.4 Å². The number of hydrogen-bond acceptors (Lipinski definition) is 5. The minimum atomic E-state index is -0.589. The molecule has 3 N–H and O–H groups in total. The van der Waals surface area contributed by atoms with Crippen molar-refractivity contribution < 1.29 is 18.8 Å². The van der Waals surface area contributed by atoms with Crippen LogP contribution in [-0.4, -0.2) is 22.7 Å². The number of nitrogens with one attached hydrogen (secondary N) is 3. The second kappa shape index (κ2) is 14.6. The first-order valence-electron chi connectivity index (χ1n) is 13.6. The van der Waals surface area contributed by atoms with Crippen molar-refractivity contribution in [3.63, 3.8) is 0 Å². The summed E-state index contributed by atoms with van der Waals surface area (Å²) in [5.74, 6) is -1.67. The van der Waals surface area contributed by atoms with Crippen LogP contribution >= 0.6 is 11.8 Å². The predicted octanol–water partition coefficient (Wildman–Crippen LogP) is 7.10. The molecule has 3 amide bonds. The van der Waals surface area contributed by atoms with Crippen LogP contribution in [0.5, 0.6) is 0 Å². The number of hydrogen-bond donors (Lipinski definition) is 3. The molecular formula is C35H27FN4O3S. The molecule has 4 aromatic carbocycles. The van der Waals surface area contributed by atoms with Crippen molar-refractivity contribution in [2.75, 3.05) is 10.6 Å². The number of carbonyl (C=O) groups is 3. The lowest BCUT2D eigenvalue weighted by molar-refractivity contribution is -0.116. The number of thioether (sulfide) groups is 1. The Balaban J connectivity index is 1.37. The highest BCUT2D eigenvalue weighted by Gasteiger charge is 2.23. The molecule has 0 bridgehead atoms. The molecule has 0 aliphatic rings. The summed E-state index contributed by atoms with van der Waals surface area (Å²) < 4.78 is 13.5. The molecule has 0 aliphatic carbocycles. The first kappa shape index (κ1) is 29.9. The molecule has 5 aromatic rings. The Morgan fingerprint density at radius 3 is 2.11 bits per heavy atom. The van der Waals surface area contributed by atoms with Crippen molar-refractivity contribution in [2.45, 2.75) is 10.1 Å². The Morgan fingerprint density at radius 2 is 1.41 bits per heavy atom. The summed E-state index contributed by atoms with van der Waals surface area (Å²) >= 11 is 1.33. The van der Waals surface area contributed by atoms with E-state index in [1.165, 1.54) is 42.1 Å². The normalized spacial score (nSPS) is 11.7. The standard InChI is InChI=1S/C35H27FN4O3S/c36-27-16-14-24(15-17-27)22-31(40-33(41)26-10-5-2-6-11-26)34(42)39-29-12-7-13-30(23-29)44-32(25-8-3-1-4-9-25)35(43)38-28-18-20-37-21-19-28/h1-23,32H,(H,39,42)(H,40,41)(H,37,38,43)/b31-22-. The third-order valence-corrected chi connectivity index (χ3v) is 7.59. The van der Waals surface area contributed by atoms with Crippen molar-refractivity contribution in [3.8, 4) is 0 Å². The number of rotatable bonds is 10. The number of halogens is 1. The first-order valence-corrected chi connectivity index (χ1v) is 14.5. The number of anilines is 2. The molecule has 5 rings (SSSR count). The van der Waals surface area contributed by atoms with E-state index in [9.17, 15) is 18.8 Å². The Kier molecular flexibility index (Phi) is 9.91. The van der Waals surface area contributed by atoms with Crippen molar-refractivity contribution in [3.05, 3.63) is 162 Å². The Hall–Kier alpha value is -5.54. The molecule has 0 saturated carbocycles. The van der Waals surface area contributed by atoms with Gasteiger partial charge in [0.2, 0.25) is 5.91 Å². The van der Waals surface area contributed by atoms with Gasteiger partial charge < -0.3 is 16.0 Å². The average Bonchev–Trinajstić information content (AvgIpc) is 3.05. The second-order valence-electron chi connectivity index (χ2n) is 9.55. The van der Waals surface area contributed by atoms with Gasteiger partial charge in [0.25, 0.3) is 11.8 Å². The third-order valence-electron chi connectivity index (χ3n) is 6.34. The maximum absolute atomic E-state index is 13.5. The van der Waals surface area contributed by atoms with Gasteiger partial charge in [-0.2, -0.15) is 0 Å². The van der Waals surface area contributed by atoms with E-state index in [1.807, 2.05) is 36.4 Å². The highest BCUT2D eigenvalue weighted by molar-refractivity contribution is 8.00. The van der Waals surface area contributed by atoms with E-state index in [-0.39, 0.29) is 11.6 Å². The predicted molar refractivity (Wildman–Crippen MR) is 171 cm³/mol. The van der Waals surface area contributed by atoms with Gasteiger partial charge in [-0.05, 0) is 71.8 Å². The molecule has 1 atom stereocenters. The summed E-state index contributed by atoms with van der Waals surface area (Å²) in [5, 5.41) is 7.86. The molecule has 1 aromatic heterocycles. The lowest BCUT2D eigenvalue weighted by Crippen LogP contribution is -2.30. The third kappa shape index (κ3) is 8.27.